The van der Waals surface area contributed by atoms with Crippen molar-refractivity contribution in [2.75, 3.05) is 20.7 Å². The van der Waals surface area contributed by atoms with Gasteiger partial charge in [-0.05, 0) is 90.3 Å². The van der Waals surface area contributed by atoms with Gasteiger partial charge < -0.3 is 19.7 Å². The van der Waals surface area contributed by atoms with Crippen molar-refractivity contribution in [3.8, 4) is 17.3 Å². The van der Waals surface area contributed by atoms with Crippen LogP contribution >= 0.6 is 0 Å². The molecule has 13 nitrogen and oxygen atoms in total. The van der Waals surface area contributed by atoms with E-state index in [9.17, 15) is 22.8 Å². The van der Waals surface area contributed by atoms with Gasteiger partial charge in [0.1, 0.15) is 23.1 Å². The van der Waals surface area contributed by atoms with Crippen LogP contribution in [0.3, 0.4) is 0 Å². The van der Waals surface area contributed by atoms with Crippen molar-refractivity contribution in [1.29, 1.82) is 0 Å². The van der Waals surface area contributed by atoms with Crippen LogP contribution in [0, 0.1) is 38.5 Å². The first-order valence-electron chi connectivity index (χ1n) is 17.8. The van der Waals surface area contributed by atoms with Crippen molar-refractivity contribution >= 4 is 38.6 Å². The second kappa shape index (κ2) is 13.3. The number of carbonyl (C=O) groups excluding carboxylic acids is 3. The third-order valence-corrected chi connectivity index (χ3v) is 12.7. The van der Waals surface area contributed by atoms with Crippen LogP contribution in [0.5, 0.6) is 11.5 Å². The summed E-state index contributed by atoms with van der Waals surface area (Å²) in [5.41, 5.74) is 1.86. The number of methoxy groups -OCH3 is 1. The minimum atomic E-state index is -3.83. The molecule has 0 spiro atoms. The average Bonchev–Trinajstić information content (AvgIpc) is 3.99. The molecule has 3 heterocycles. The number of aromatic nitrogens is 3. The van der Waals surface area contributed by atoms with Crippen LogP contribution in [0.1, 0.15) is 68.3 Å². The Balaban J connectivity index is 1.22. The second-order valence-electron chi connectivity index (χ2n) is 14.7. The molecule has 2 aromatic heterocycles. The molecule has 1 aromatic carbocycles. The van der Waals surface area contributed by atoms with Gasteiger partial charge in [-0.25, -0.2) is 18.1 Å². The van der Waals surface area contributed by atoms with E-state index in [1.54, 1.807) is 23.7 Å². The molecule has 3 aromatic rings. The van der Waals surface area contributed by atoms with Crippen LogP contribution in [-0.2, 0) is 24.4 Å². The number of aryl methyl sites for hydroxylation is 3. The summed E-state index contributed by atoms with van der Waals surface area (Å²) in [5.74, 6) is -1.39. The summed E-state index contributed by atoms with van der Waals surface area (Å²) in [7, 11) is -0.459. The molecule has 1 aliphatic heterocycles. The number of sulfonamides is 1. The van der Waals surface area contributed by atoms with Gasteiger partial charge in [-0.3, -0.25) is 19.1 Å². The summed E-state index contributed by atoms with van der Waals surface area (Å²) >= 11 is 0. The van der Waals surface area contributed by atoms with Gasteiger partial charge in [0.05, 0.1) is 35.4 Å². The molecule has 3 aliphatic carbocycles. The van der Waals surface area contributed by atoms with Crippen LogP contribution in [0.4, 0.5) is 0 Å². The highest BCUT2D eigenvalue weighted by atomic mass is 32.2. The number of benzene rings is 1. The Bertz CT molecular complexity index is 2040. The maximum Gasteiger partial charge on any atom is 0.259 e. The molecular weight excluding hydrogens is 673 g/mol. The fourth-order valence-corrected chi connectivity index (χ4v) is 9.09. The molecule has 3 amide bonds. The molecule has 5 atom stereocenters. The number of nitrogens with zero attached hydrogens (tertiary/aromatic N) is 4. The Morgan fingerprint density at radius 2 is 1.82 bits per heavy atom. The molecule has 3 saturated carbocycles. The number of ether oxygens (including phenoxy) is 2. The van der Waals surface area contributed by atoms with Gasteiger partial charge in [0, 0.05) is 42.2 Å². The lowest BCUT2D eigenvalue weighted by molar-refractivity contribution is -0.140. The maximum absolute atomic E-state index is 14.3. The number of hydrogen-bond donors (Lipinski definition) is 2. The van der Waals surface area contributed by atoms with Gasteiger partial charge >= 0.3 is 0 Å². The van der Waals surface area contributed by atoms with E-state index < -0.39 is 50.6 Å². The SMILES string of the molecule is COc1ccc2c(OC3CC4C(=O)NC5(C(=O)NS(=O)(=O)C6CC6)CC5C=CCCCCN(C)C(=O)C4C3)cc(-n3nc(C)cc3C)nc2c1C. The van der Waals surface area contributed by atoms with Crippen LogP contribution in [0.2, 0.25) is 0 Å². The molecule has 0 bridgehead atoms. The fourth-order valence-electron chi connectivity index (χ4n) is 7.73. The number of fused-ring (bicyclic) bond motifs is 3. The minimum Gasteiger partial charge on any atom is -0.496 e. The molecule has 4 aliphatic rings. The van der Waals surface area contributed by atoms with Crippen molar-refractivity contribution in [2.24, 2.45) is 17.8 Å². The van der Waals surface area contributed by atoms with Gasteiger partial charge in [0.25, 0.3) is 5.91 Å². The third-order valence-electron chi connectivity index (χ3n) is 10.9. The molecule has 272 valence electrons. The van der Waals surface area contributed by atoms with Crippen molar-refractivity contribution in [2.45, 2.75) is 89.0 Å². The predicted molar refractivity (Wildman–Crippen MR) is 190 cm³/mol. The van der Waals surface area contributed by atoms with Gasteiger partial charge in [0.15, 0.2) is 5.82 Å². The monoisotopic (exact) mass is 718 g/mol. The number of rotatable bonds is 7. The first kappa shape index (κ1) is 35.0. The first-order chi connectivity index (χ1) is 24.3. The number of hydrogen-bond acceptors (Lipinski definition) is 9. The number of carbonyl (C=O) groups is 3. The standard InChI is InChI=1S/C37H46N6O7S/c1-21-16-22(2)43(40-21)32-19-31(27-13-14-30(49-5)23(3)33(27)38-32)50-25-17-28-29(18-25)35(45)42(4)15-9-7-6-8-10-24-20-37(24,39-34(28)44)36(46)41-51(47,48)26-11-12-26/h8,10,13-14,16,19,24-26,28-29H,6-7,9,11-12,15,17-18,20H2,1-5H3,(H,39,44)(H,41,46). The Morgan fingerprint density at radius 3 is 2.53 bits per heavy atom. The molecule has 7 rings (SSSR count). The molecular formula is C37H46N6O7S. The van der Waals surface area contributed by atoms with E-state index in [0.717, 1.165) is 41.6 Å². The third kappa shape index (κ3) is 6.70. The zero-order valence-electron chi connectivity index (χ0n) is 29.8. The number of amides is 3. The van der Waals surface area contributed by atoms with Crippen molar-refractivity contribution in [3.63, 3.8) is 0 Å². The van der Waals surface area contributed by atoms with E-state index in [4.69, 9.17) is 14.5 Å². The minimum absolute atomic E-state index is 0.153. The summed E-state index contributed by atoms with van der Waals surface area (Å²) < 4.78 is 41.9. The smallest absolute Gasteiger partial charge is 0.259 e. The molecule has 14 heteroatoms. The fraction of sp³-hybridized carbons (Fsp3) is 0.541. The first-order valence-corrected chi connectivity index (χ1v) is 19.3. The van der Waals surface area contributed by atoms with E-state index >= 15 is 0 Å². The highest BCUT2D eigenvalue weighted by Gasteiger charge is 2.62. The molecule has 0 saturated heterocycles. The van der Waals surface area contributed by atoms with Gasteiger partial charge in [-0.2, -0.15) is 5.10 Å². The molecule has 0 radical (unpaired) electrons. The zero-order valence-corrected chi connectivity index (χ0v) is 30.6. The summed E-state index contributed by atoms with van der Waals surface area (Å²) in [6, 6.07) is 7.56. The predicted octanol–water partition coefficient (Wildman–Crippen LogP) is 3.81. The summed E-state index contributed by atoms with van der Waals surface area (Å²) in [6.07, 6.45) is 7.56. The molecule has 3 fully saturated rings. The van der Waals surface area contributed by atoms with E-state index in [0.29, 0.717) is 42.2 Å². The molecule has 2 N–H and O–H groups in total. The zero-order chi connectivity index (χ0) is 36.2. The summed E-state index contributed by atoms with van der Waals surface area (Å²) in [5, 5.41) is 7.77. The summed E-state index contributed by atoms with van der Waals surface area (Å²) in [6.45, 7) is 6.36. The Morgan fingerprint density at radius 1 is 1.06 bits per heavy atom. The van der Waals surface area contributed by atoms with Gasteiger partial charge in [0.2, 0.25) is 21.8 Å². The summed E-state index contributed by atoms with van der Waals surface area (Å²) in [4.78, 5) is 48.5. The van der Waals surface area contributed by atoms with Crippen LogP contribution in [0.15, 0.2) is 36.4 Å². The van der Waals surface area contributed by atoms with Gasteiger partial charge in [-0.1, -0.05) is 12.2 Å². The van der Waals surface area contributed by atoms with E-state index in [-0.39, 0.29) is 31.1 Å². The van der Waals surface area contributed by atoms with E-state index in [2.05, 4.69) is 15.1 Å². The normalized spacial score (nSPS) is 27.0. The lowest BCUT2D eigenvalue weighted by Crippen LogP contribution is -2.54. The van der Waals surface area contributed by atoms with Crippen molar-refractivity contribution < 1.29 is 32.3 Å². The van der Waals surface area contributed by atoms with E-state index in [1.807, 2.05) is 57.2 Å². The van der Waals surface area contributed by atoms with E-state index in [1.165, 1.54) is 0 Å². The van der Waals surface area contributed by atoms with Crippen molar-refractivity contribution in [1.82, 2.24) is 29.7 Å². The van der Waals surface area contributed by atoms with Crippen LogP contribution in [-0.4, -0.2) is 83.4 Å². The molecule has 51 heavy (non-hydrogen) atoms. The Labute approximate surface area is 298 Å². The van der Waals surface area contributed by atoms with Crippen LogP contribution < -0.4 is 19.5 Å². The highest BCUT2D eigenvalue weighted by Crippen LogP contribution is 2.47. The maximum atomic E-state index is 14.3. The van der Waals surface area contributed by atoms with Gasteiger partial charge in [-0.15, -0.1) is 0 Å². The van der Waals surface area contributed by atoms with Crippen LogP contribution in [0.25, 0.3) is 16.7 Å². The topological polar surface area (TPSA) is 162 Å². The Kier molecular flexibility index (Phi) is 9.09. The lowest BCUT2D eigenvalue weighted by atomic mass is 9.93. The Hall–Kier alpha value is -4.46. The lowest BCUT2D eigenvalue weighted by Gasteiger charge is -2.26. The largest absolute Gasteiger partial charge is 0.496 e. The highest BCUT2D eigenvalue weighted by molar-refractivity contribution is 7.91. The second-order valence-corrected chi connectivity index (χ2v) is 16.6. The number of nitrogens with one attached hydrogen (secondary N) is 2. The number of pyridine rings is 1. The quantitative estimate of drug-likeness (QED) is 0.346. The number of allylic oxidation sites excluding steroid dienone is 1. The molecule has 5 unspecified atom stereocenters. The average molecular weight is 719 g/mol. The van der Waals surface area contributed by atoms with Crippen molar-refractivity contribution in [3.05, 3.63) is 53.4 Å².